The number of carbonyl (C=O) groups excluding carboxylic acids is 1. The molecule has 7 heteroatoms. The first-order valence-electron chi connectivity index (χ1n) is 9.42. The first-order chi connectivity index (χ1) is 15.0. The van der Waals surface area contributed by atoms with E-state index in [1.54, 1.807) is 30.3 Å². The van der Waals surface area contributed by atoms with Gasteiger partial charge in [-0.3, -0.25) is 0 Å². The third-order valence-electron chi connectivity index (χ3n) is 4.86. The number of hydrogen-bond acceptors (Lipinski definition) is 4. The van der Waals surface area contributed by atoms with Crippen LogP contribution in [0.1, 0.15) is 26.4 Å². The molecule has 0 aliphatic heterocycles. The number of methoxy groups -OCH3 is 1. The van der Waals surface area contributed by atoms with Crippen molar-refractivity contribution < 1.29 is 24.2 Å². The maximum Gasteiger partial charge on any atom is 0.354 e. The Morgan fingerprint density at radius 3 is 2.32 bits per heavy atom. The minimum atomic E-state index is -0.986. The molecule has 0 aliphatic rings. The molecule has 4 aromatic rings. The highest BCUT2D eigenvalue weighted by Gasteiger charge is 2.19. The van der Waals surface area contributed by atoms with Crippen molar-refractivity contribution in [2.75, 3.05) is 7.11 Å². The second-order valence-electron chi connectivity index (χ2n) is 6.86. The summed E-state index contributed by atoms with van der Waals surface area (Å²) < 4.78 is 13.6. The van der Waals surface area contributed by atoms with Gasteiger partial charge in [-0.2, -0.15) is 0 Å². The summed E-state index contributed by atoms with van der Waals surface area (Å²) >= 11 is 3.58. The van der Waals surface area contributed by atoms with Gasteiger partial charge < -0.3 is 19.1 Å². The molecule has 1 aromatic heterocycles. The molecule has 1 heterocycles. The average Bonchev–Trinajstić information content (AvgIpc) is 3.13. The lowest BCUT2D eigenvalue weighted by molar-refractivity contribution is 0.0589. The summed E-state index contributed by atoms with van der Waals surface area (Å²) in [5, 5.41) is 9.96. The van der Waals surface area contributed by atoms with Crippen LogP contribution < -0.4 is 4.74 Å². The summed E-state index contributed by atoms with van der Waals surface area (Å²) in [6.07, 6.45) is 0. The lowest BCUT2D eigenvalue weighted by Gasteiger charge is -2.12. The van der Waals surface area contributed by atoms with Crippen LogP contribution in [-0.2, 0) is 11.3 Å². The molecule has 4 rings (SSSR count). The number of ether oxygens (including phenoxy) is 2. The molecule has 0 unspecified atom stereocenters. The zero-order valence-electron chi connectivity index (χ0n) is 16.5. The maximum absolute atomic E-state index is 12.5. The van der Waals surface area contributed by atoms with Crippen LogP contribution in [0.15, 0.2) is 77.3 Å². The highest BCUT2D eigenvalue weighted by Crippen LogP contribution is 2.34. The first kappa shape index (κ1) is 20.7. The molecule has 0 saturated heterocycles. The van der Waals surface area contributed by atoms with E-state index in [-0.39, 0.29) is 5.56 Å². The number of para-hydroxylation sites is 1. The third kappa shape index (κ3) is 4.32. The van der Waals surface area contributed by atoms with Crippen LogP contribution in [0.4, 0.5) is 0 Å². The number of esters is 1. The maximum atomic E-state index is 12.5. The van der Waals surface area contributed by atoms with E-state index in [9.17, 15) is 9.59 Å². The average molecular weight is 480 g/mol. The SMILES string of the molecule is COC(=O)c1cc2c(Br)cc(Oc3ccccc3)cc2n1Cc1ccc(C(=O)O)cc1. The molecule has 0 spiro atoms. The van der Waals surface area contributed by atoms with Gasteiger partial charge in [0, 0.05) is 22.5 Å². The Morgan fingerprint density at radius 1 is 0.968 bits per heavy atom. The van der Waals surface area contributed by atoms with Crippen LogP contribution in [0, 0.1) is 0 Å². The van der Waals surface area contributed by atoms with Gasteiger partial charge in [0.2, 0.25) is 0 Å². The van der Waals surface area contributed by atoms with Gasteiger partial charge in [0.15, 0.2) is 0 Å². The molecule has 1 N–H and O–H groups in total. The van der Waals surface area contributed by atoms with Crippen molar-refractivity contribution in [2.45, 2.75) is 6.54 Å². The molecule has 31 heavy (non-hydrogen) atoms. The summed E-state index contributed by atoms with van der Waals surface area (Å²) in [5.41, 5.74) is 2.22. The summed E-state index contributed by atoms with van der Waals surface area (Å²) in [7, 11) is 1.34. The zero-order valence-corrected chi connectivity index (χ0v) is 18.1. The molecular weight excluding hydrogens is 462 g/mol. The van der Waals surface area contributed by atoms with Crippen molar-refractivity contribution in [3.63, 3.8) is 0 Å². The van der Waals surface area contributed by atoms with Gasteiger partial charge in [-0.25, -0.2) is 9.59 Å². The van der Waals surface area contributed by atoms with Gasteiger partial charge >= 0.3 is 11.9 Å². The number of hydrogen-bond donors (Lipinski definition) is 1. The number of carbonyl (C=O) groups is 2. The Labute approximate surface area is 186 Å². The number of aromatic nitrogens is 1. The Balaban J connectivity index is 1.80. The Bertz CT molecular complexity index is 1260. The van der Waals surface area contributed by atoms with E-state index in [1.165, 1.54) is 7.11 Å². The van der Waals surface area contributed by atoms with Gasteiger partial charge in [-0.05, 0) is 57.9 Å². The lowest BCUT2D eigenvalue weighted by atomic mass is 10.1. The van der Waals surface area contributed by atoms with E-state index in [0.29, 0.717) is 23.7 Å². The predicted octanol–water partition coefficient (Wildman–Crippen LogP) is 5.73. The molecule has 3 aromatic carbocycles. The molecule has 0 fully saturated rings. The van der Waals surface area contributed by atoms with Gasteiger partial charge in [0.1, 0.15) is 17.2 Å². The monoisotopic (exact) mass is 479 g/mol. The molecule has 0 radical (unpaired) electrons. The van der Waals surface area contributed by atoms with Crippen LogP contribution in [0.25, 0.3) is 10.9 Å². The smallest absolute Gasteiger partial charge is 0.354 e. The van der Waals surface area contributed by atoms with Crippen LogP contribution in [0.5, 0.6) is 11.5 Å². The van der Waals surface area contributed by atoms with Crippen molar-refractivity contribution in [2.24, 2.45) is 0 Å². The van der Waals surface area contributed by atoms with Gasteiger partial charge in [0.05, 0.1) is 18.2 Å². The third-order valence-corrected chi connectivity index (χ3v) is 5.51. The molecule has 0 atom stereocenters. The van der Waals surface area contributed by atoms with Crippen molar-refractivity contribution in [3.05, 3.63) is 94.1 Å². The summed E-state index contributed by atoms with van der Waals surface area (Å²) in [4.78, 5) is 23.6. The highest BCUT2D eigenvalue weighted by molar-refractivity contribution is 9.10. The topological polar surface area (TPSA) is 77.8 Å². The second kappa shape index (κ2) is 8.65. The van der Waals surface area contributed by atoms with Crippen molar-refractivity contribution in [1.29, 1.82) is 0 Å². The number of halogens is 1. The highest BCUT2D eigenvalue weighted by atomic mass is 79.9. The number of benzene rings is 3. The fourth-order valence-electron chi connectivity index (χ4n) is 3.35. The van der Waals surface area contributed by atoms with E-state index >= 15 is 0 Å². The van der Waals surface area contributed by atoms with Crippen LogP contribution in [-0.4, -0.2) is 28.7 Å². The summed E-state index contributed by atoms with van der Waals surface area (Å²) in [6, 6.07) is 21.4. The fourth-order valence-corrected chi connectivity index (χ4v) is 3.90. The van der Waals surface area contributed by atoms with Gasteiger partial charge in [0.25, 0.3) is 0 Å². The minimum absolute atomic E-state index is 0.204. The predicted molar refractivity (Wildman–Crippen MR) is 120 cm³/mol. The van der Waals surface area contributed by atoms with Crippen LogP contribution >= 0.6 is 15.9 Å². The van der Waals surface area contributed by atoms with Crippen LogP contribution in [0.2, 0.25) is 0 Å². The van der Waals surface area contributed by atoms with Crippen molar-refractivity contribution in [1.82, 2.24) is 4.57 Å². The molecule has 0 bridgehead atoms. The lowest BCUT2D eigenvalue weighted by Crippen LogP contribution is -2.11. The van der Waals surface area contributed by atoms with Crippen molar-refractivity contribution >= 4 is 38.8 Å². The van der Waals surface area contributed by atoms with E-state index in [2.05, 4.69) is 15.9 Å². The molecule has 0 saturated carbocycles. The molecular formula is C24H18BrNO5. The summed E-state index contributed by atoms with van der Waals surface area (Å²) in [6.45, 7) is 0.356. The Hall–Kier alpha value is -3.58. The minimum Gasteiger partial charge on any atom is -0.478 e. The van der Waals surface area contributed by atoms with E-state index in [1.807, 2.05) is 47.0 Å². The standard InChI is InChI=1S/C24H18BrNO5/c1-30-24(29)22-13-19-20(25)11-18(31-17-5-3-2-4-6-17)12-21(19)26(22)14-15-7-9-16(10-8-15)23(27)28/h2-13H,14H2,1H3,(H,27,28). The number of fused-ring (bicyclic) bond motifs is 1. The van der Waals surface area contributed by atoms with Gasteiger partial charge in [-0.15, -0.1) is 0 Å². The second-order valence-corrected chi connectivity index (χ2v) is 7.72. The van der Waals surface area contributed by atoms with Crippen molar-refractivity contribution in [3.8, 4) is 11.5 Å². The van der Waals surface area contributed by atoms with E-state index < -0.39 is 11.9 Å². The van der Waals surface area contributed by atoms with Gasteiger partial charge in [-0.1, -0.05) is 30.3 Å². The number of carboxylic acids is 1. The molecule has 6 nitrogen and oxygen atoms in total. The normalized spacial score (nSPS) is 10.8. The number of rotatable bonds is 6. The largest absolute Gasteiger partial charge is 0.478 e. The molecule has 156 valence electrons. The molecule has 0 aliphatic carbocycles. The number of carboxylic acid groups (broad SMARTS) is 1. The fraction of sp³-hybridized carbons (Fsp3) is 0.0833. The first-order valence-corrected chi connectivity index (χ1v) is 10.2. The van der Waals surface area contributed by atoms with E-state index in [4.69, 9.17) is 14.6 Å². The number of aromatic carboxylic acids is 1. The van der Waals surface area contributed by atoms with Crippen LogP contribution in [0.3, 0.4) is 0 Å². The number of nitrogens with zero attached hydrogens (tertiary/aromatic N) is 1. The molecule has 0 amide bonds. The Morgan fingerprint density at radius 2 is 1.68 bits per heavy atom. The zero-order chi connectivity index (χ0) is 22.0. The summed E-state index contributed by atoms with van der Waals surface area (Å²) in [5.74, 6) is -0.137. The Kier molecular flexibility index (Phi) is 5.77. The van der Waals surface area contributed by atoms with E-state index in [0.717, 1.165) is 20.9 Å². The quantitative estimate of drug-likeness (QED) is 0.357.